The van der Waals surface area contributed by atoms with Gasteiger partial charge in [-0.1, -0.05) is 12.1 Å². The number of para-hydroxylation sites is 2. The van der Waals surface area contributed by atoms with E-state index < -0.39 is 30.5 Å². The van der Waals surface area contributed by atoms with E-state index in [1.807, 2.05) is 0 Å². The number of hydrogen-bond donors (Lipinski definition) is 2. The van der Waals surface area contributed by atoms with Crippen LogP contribution in [0.4, 0.5) is 24.5 Å². The zero-order chi connectivity index (χ0) is 15.6. The molecule has 0 saturated carbocycles. The third kappa shape index (κ3) is 3.87. The lowest BCUT2D eigenvalue weighted by atomic mass is 10.1. The summed E-state index contributed by atoms with van der Waals surface area (Å²) in [5.74, 6) is -1.99. The van der Waals surface area contributed by atoms with Gasteiger partial charge in [0.1, 0.15) is 6.54 Å². The Balaban J connectivity index is 1.99. The number of halogens is 3. The van der Waals surface area contributed by atoms with Crippen LogP contribution in [0.25, 0.3) is 0 Å². The van der Waals surface area contributed by atoms with Crippen molar-refractivity contribution in [1.82, 2.24) is 4.90 Å². The number of nitrogens with one attached hydrogen (secondary N) is 1. The minimum atomic E-state index is -4.47. The molecule has 1 aliphatic heterocycles. The molecule has 1 heterocycles. The molecule has 1 fully saturated rings. The monoisotopic (exact) mass is 301 g/mol. The van der Waals surface area contributed by atoms with Gasteiger partial charge in [-0.15, -0.1) is 0 Å². The van der Waals surface area contributed by atoms with E-state index in [0.29, 0.717) is 16.3 Å². The Morgan fingerprint density at radius 2 is 2.05 bits per heavy atom. The Hall–Kier alpha value is -2.25. The molecule has 8 heteroatoms. The second-order valence-corrected chi connectivity index (χ2v) is 4.87. The topological polar surface area (TPSA) is 75.4 Å². The highest BCUT2D eigenvalue weighted by Crippen LogP contribution is 2.25. The van der Waals surface area contributed by atoms with Crippen molar-refractivity contribution in [3.63, 3.8) is 0 Å². The van der Waals surface area contributed by atoms with Crippen molar-refractivity contribution in [3.8, 4) is 0 Å². The van der Waals surface area contributed by atoms with Crippen LogP contribution >= 0.6 is 0 Å². The highest BCUT2D eigenvalue weighted by molar-refractivity contribution is 5.99. The standard InChI is InChI=1S/C13H14F3N3O2/c14-13(15,16)7-19-6-8(5-11(19)20)12(21)18-10-4-2-1-3-9(10)17/h1-4,8H,5-7,17H2,(H,18,21). The average molecular weight is 301 g/mol. The van der Waals surface area contributed by atoms with Crippen molar-refractivity contribution in [2.75, 3.05) is 24.1 Å². The Morgan fingerprint density at radius 3 is 2.67 bits per heavy atom. The molecule has 5 nitrogen and oxygen atoms in total. The van der Waals surface area contributed by atoms with Gasteiger partial charge < -0.3 is 16.0 Å². The van der Waals surface area contributed by atoms with E-state index in [4.69, 9.17) is 5.73 Å². The number of nitrogen functional groups attached to an aromatic ring is 1. The first kappa shape index (κ1) is 15.1. The molecule has 0 aliphatic carbocycles. The molecule has 0 spiro atoms. The number of amides is 2. The van der Waals surface area contributed by atoms with Crippen LogP contribution in [0.1, 0.15) is 6.42 Å². The van der Waals surface area contributed by atoms with Gasteiger partial charge in [0.2, 0.25) is 11.8 Å². The number of nitrogens with zero attached hydrogens (tertiary/aromatic N) is 1. The van der Waals surface area contributed by atoms with Gasteiger partial charge in [0, 0.05) is 13.0 Å². The minimum Gasteiger partial charge on any atom is -0.397 e. The van der Waals surface area contributed by atoms with Crippen LogP contribution in [0.3, 0.4) is 0 Å². The average Bonchev–Trinajstić information content (AvgIpc) is 2.72. The lowest BCUT2D eigenvalue weighted by molar-refractivity contribution is -0.157. The summed E-state index contributed by atoms with van der Waals surface area (Å²) in [6.07, 6.45) is -4.69. The summed E-state index contributed by atoms with van der Waals surface area (Å²) in [6, 6.07) is 6.53. The number of hydrogen-bond acceptors (Lipinski definition) is 3. The highest BCUT2D eigenvalue weighted by Gasteiger charge is 2.40. The minimum absolute atomic E-state index is 0.228. The summed E-state index contributed by atoms with van der Waals surface area (Å²) >= 11 is 0. The maximum absolute atomic E-state index is 12.3. The Bertz CT molecular complexity index is 560. The fraction of sp³-hybridized carbons (Fsp3) is 0.385. The molecule has 0 bridgehead atoms. The molecular weight excluding hydrogens is 287 g/mol. The number of benzene rings is 1. The summed E-state index contributed by atoms with van der Waals surface area (Å²) in [5, 5.41) is 2.53. The molecule has 1 unspecified atom stereocenters. The van der Waals surface area contributed by atoms with Crippen LogP contribution in [-0.4, -0.2) is 36.0 Å². The quantitative estimate of drug-likeness (QED) is 0.833. The Morgan fingerprint density at radius 1 is 1.38 bits per heavy atom. The van der Waals surface area contributed by atoms with E-state index in [2.05, 4.69) is 5.32 Å². The van der Waals surface area contributed by atoms with Crippen LogP contribution in [0.15, 0.2) is 24.3 Å². The van der Waals surface area contributed by atoms with Gasteiger partial charge in [-0.25, -0.2) is 0 Å². The zero-order valence-corrected chi connectivity index (χ0v) is 11.0. The maximum Gasteiger partial charge on any atom is 0.406 e. The predicted molar refractivity (Wildman–Crippen MR) is 70.2 cm³/mol. The second-order valence-electron chi connectivity index (χ2n) is 4.87. The number of carbonyl (C=O) groups is 2. The molecule has 1 atom stereocenters. The summed E-state index contributed by atoms with van der Waals surface area (Å²) in [6.45, 7) is -1.57. The number of rotatable bonds is 3. The molecule has 2 amide bonds. The van der Waals surface area contributed by atoms with Gasteiger partial charge in [0.15, 0.2) is 0 Å². The van der Waals surface area contributed by atoms with Crippen LogP contribution in [0.5, 0.6) is 0 Å². The van der Waals surface area contributed by atoms with Crippen LogP contribution in [0.2, 0.25) is 0 Å². The SMILES string of the molecule is Nc1ccccc1NC(=O)C1CC(=O)N(CC(F)(F)F)C1. The van der Waals surface area contributed by atoms with Crippen molar-refractivity contribution in [1.29, 1.82) is 0 Å². The van der Waals surface area contributed by atoms with Gasteiger partial charge in [-0.3, -0.25) is 9.59 Å². The largest absolute Gasteiger partial charge is 0.406 e. The first-order valence-electron chi connectivity index (χ1n) is 6.26. The third-order valence-corrected chi connectivity index (χ3v) is 3.17. The number of nitrogens with two attached hydrogens (primary N) is 1. The van der Waals surface area contributed by atoms with E-state index in [9.17, 15) is 22.8 Å². The molecule has 0 radical (unpaired) electrons. The van der Waals surface area contributed by atoms with Gasteiger partial charge in [-0.2, -0.15) is 13.2 Å². The smallest absolute Gasteiger partial charge is 0.397 e. The molecule has 0 aromatic heterocycles. The van der Waals surface area contributed by atoms with E-state index in [1.165, 1.54) is 0 Å². The number of alkyl halides is 3. The molecule has 3 N–H and O–H groups in total. The van der Waals surface area contributed by atoms with E-state index in [1.54, 1.807) is 24.3 Å². The van der Waals surface area contributed by atoms with Crippen LogP contribution in [-0.2, 0) is 9.59 Å². The lowest BCUT2D eigenvalue weighted by Crippen LogP contribution is -2.36. The number of likely N-dealkylation sites (tertiary alicyclic amines) is 1. The molecular formula is C13H14F3N3O2. The second kappa shape index (κ2) is 5.63. The van der Waals surface area contributed by atoms with Gasteiger partial charge in [-0.05, 0) is 12.1 Å². The molecule has 1 aliphatic rings. The normalized spacial score (nSPS) is 18.9. The predicted octanol–water partition coefficient (Wildman–Crippen LogP) is 1.62. The maximum atomic E-state index is 12.3. The highest BCUT2D eigenvalue weighted by atomic mass is 19.4. The lowest BCUT2D eigenvalue weighted by Gasteiger charge is -2.18. The molecule has 114 valence electrons. The van der Waals surface area contributed by atoms with E-state index in [-0.39, 0.29) is 13.0 Å². The van der Waals surface area contributed by atoms with Crippen LogP contribution in [0, 0.1) is 5.92 Å². The van der Waals surface area contributed by atoms with E-state index in [0.717, 1.165) is 0 Å². The molecule has 1 aromatic carbocycles. The fourth-order valence-electron chi connectivity index (χ4n) is 2.16. The van der Waals surface area contributed by atoms with Crippen molar-refractivity contribution in [2.45, 2.75) is 12.6 Å². The molecule has 21 heavy (non-hydrogen) atoms. The first-order valence-corrected chi connectivity index (χ1v) is 6.26. The number of anilines is 2. The van der Waals surface area contributed by atoms with Gasteiger partial charge in [0.05, 0.1) is 17.3 Å². The molecule has 2 rings (SSSR count). The van der Waals surface area contributed by atoms with Crippen LogP contribution < -0.4 is 11.1 Å². The summed E-state index contributed by atoms with van der Waals surface area (Å²) in [7, 11) is 0. The molecule has 1 aromatic rings. The number of carbonyl (C=O) groups excluding carboxylic acids is 2. The van der Waals surface area contributed by atoms with Crippen molar-refractivity contribution < 1.29 is 22.8 Å². The third-order valence-electron chi connectivity index (χ3n) is 3.17. The van der Waals surface area contributed by atoms with Crippen molar-refractivity contribution in [3.05, 3.63) is 24.3 Å². The van der Waals surface area contributed by atoms with Gasteiger partial charge >= 0.3 is 6.18 Å². The van der Waals surface area contributed by atoms with Crippen molar-refractivity contribution >= 4 is 23.2 Å². The Kier molecular flexibility index (Phi) is 4.06. The Labute approximate surface area is 118 Å². The van der Waals surface area contributed by atoms with Crippen molar-refractivity contribution in [2.24, 2.45) is 5.92 Å². The molecule has 1 saturated heterocycles. The summed E-state index contributed by atoms with van der Waals surface area (Å²) in [4.78, 5) is 24.2. The first-order chi connectivity index (χ1) is 9.76. The fourth-order valence-corrected chi connectivity index (χ4v) is 2.16. The summed E-state index contributed by atoms with van der Waals surface area (Å²) < 4.78 is 36.9. The van der Waals surface area contributed by atoms with E-state index >= 15 is 0 Å². The van der Waals surface area contributed by atoms with Gasteiger partial charge in [0.25, 0.3) is 0 Å². The zero-order valence-electron chi connectivity index (χ0n) is 11.0. The summed E-state index contributed by atoms with van der Waals surface area (Å²) in [5.41, 5.74) is 6.39.